The average Bonchev–Trinajstić information content (AvgIpc) is 3.17. The van der Waals surface area contributed by atoms with E-state index in [0.29, 0.717) is 22.7 Å². The summed E-state index contributed by atoms with van der Waals surface area (Å²) in [6, 6.07) is 13.0. The van der Waals surface area contributed by atoms with Crippen molar-refractivity contribution in [3.05, 3.63) is 60.0 Å². The van der Waals surface area contributed by atoms with Crippen LogP contribution in [0.4, 0.5) is 5.69 Å². The number of fused-ring (bicyclic) bond motifs is 1. The Morgan fingerprint density at radius 3 is 2.50 bits per heavy atom. The highest BCUT2D eigenvalue weighted by atomic mass is 16.5. The van der Waals surface area contributed by atoms with Gasteiger partial charge in [-0.1, -0.05) is 24.3 Å². The zero-order chi connectivity index (χ0) is 19.5. The molecular weight excluding hydrogens is 354 g/mol. The largest absolute Gasteiger partial charge is 0.496 e. The van der Waals surface area contributed by atoms with Crippen molar-refractivity contribution < 1.29 is 14.3 Å². The lowest BCUT2D eigenvalue weighted by atomic mass is 10.1. The molecule has 0 saturated carbocycles. The van der Waals surface area contributed by atoms with Crippen LogP contribution in [-0.2, 0) is 13.0 Å². The Labute approximate surface area is 164 Å². The molecule has 2 heterocycles. The van der Waals surface area contributed by atoms with Crippen molar-refractivity contribution in [1.29, 1.82) is 0 Å². The molecule has 1 amide bonds. The number of imidazole rings is 1. The average molecular weight is 377 g/mol. The molecule has 144 valence electrons. The van der Waals surface area contributed by atoms with Gasteiger partial charge in [-0.2, -0.15) is 0 Å². The minimum atomic E-state index is -0.286. The topological polar surface area (TPSA) is 65.4 Å². The highest BCUT2D eigenvalue weighted by Gasteiger charge is 2.21. The highest BCUT2D eigenvalue weighted by Crippen LogP contribution is 2.32. The van der Waals surface area contributed by atoms with Crippen LogP contribution in [0.2, 0.25) is 0 Å². The van der Waals surface area contributed by atoms with Crippen molar-refractivity contribution in [1.82, 2.24) is 9.55 Å². The molecule has 0 fully saturated rings. The summed E-state index contributed by atoms with van der Waals surface area (Å²) in [6.07, 6.45) is 5.41. The number of hydrogen-bond donors (Lipinski definition) is 1. The number of nitrogens with zero attached hydrogens (tertiary/aromatic N) is 2. The number of aryl methyl sites for hydroxylation is 2. The van der Waals surface area contributed by atoms with Gasteiger partial charge in [-0.3, -0.25) is 4.79 Å². The first-order valence-electron chi connectivity index (χ1n) is 9.39. The molecule has 0 saturated heterocycles. The van der Waals surface area contributed by atoms with Crippen LogP contribution < -0.4 is 14.8 Å². The number of nitrogens with one attached hydrogen (secondary N) is 1. The molecule has 2 aromatic carbocycles. The second-order valence-electron chi connectivity index (χ2n) is 6.73. The second-order valence-corrected chi connectivity index (χ2v) is 6.73. The van der Waals surface area contributed by atoms with Crippen LogP contribution >= 0.6 is 0 Å². The SMILES string of the molecule is COc1cccc(OC)c1C(=O)Nc1ccccc1-c1cn2c(n1)CCCC2. The van der Waals surface area contributed by atoms with Crippen molar-refractivity contribution in [2.45, 2.75) is 25.8 Å². The Morgan fingerprint density at radius 2 is 1.79 bits per heavy atom. The zero-order valence-electron chi connectivity index (χ0n) is 16.1. The van der Waals surface area contributed by atoms with E-state index in [4.69, 9.17) is 14.5 Å². The number of ether oxygens (including phenoxy) is 2. The minimum absolute atomic E-state index is 0.286. The number of anilines is 1. The third-order valence-electron chi connectivity index (χ3n) is 5.01. The number of benzene rings is 2. The van der Waals surface area contributed by atoms with Crippen LogP contribution in [0, 0.1) is 0 Å². The smallest absolute Gasteiger partial charge is 0.263 e. The molecule has 1 N–H and O–H groups in total. The first kappa shape index (κ1) is 18.1. The fourth-order valence-electron chi connectivity index (χ4n) is 3.62. The molecule has 0 atom stereocenters. The number of hydrogen-bond acceptors (Lipinski definition) is 4. The summed E-state index contributed by atoms with van der Waals surface area (Å²) in [5, 5.41) is 3.01. The summed E-state index contributed by atoms with van der Waals surface area (Å²) in [4.78, 5) is 17.8. The normalized spacial score (nSPS) is 12.9. The molecule has 4 rings (SSSR count). The molecule has 0 aliphatic carbocycles. The lowest BCUT2D eigenvalue weighted by molar-refractivity contribution is 0.102. The number of para-hydroxylation sites is 1. The Kier molecular flexibility index (Phi) is 5.02. The predicted molar refractivity (Wildman–Crippen MR) is 108 cm³/mol. The van der Waals surface area contributed by atoms with Crippen molar-refractivity contribution in [2.24, 2.45) is 0 Å². The Balaban J connectivity index is 1.69. The van der Waals surface area contributed by atoms with Crippen molar-refractivity contribution >= 4 is 11.6 Å². The molecule has 1 aliphatic rings. The number of rotatable bonds is 5. The van der Waals surface area contributed by atoms with E-state index in [9.17, 15) is 4.79 Å². The lowest BCUT2D eigenvalue weighted by Crippen LogP contribution is -2.15. The van der Waals surface area contributed by atoms with Gasteiger partial charge in [0.2, 0.25) is 0 Å². The van der Waals surface area contributed by atoms with Crippen LogP contribution in [0.1, 0.15) is 29.0 Å². The van der Waals surface area contributed by atoms with Crippen molar-refractivity contribution in [3.8, 4) is 22.8 Å². The third-order valence-corrected chi connectivity index (χ3v) is 5.01. The van der Waals surface area contributed by atoms with Gasteiger partial charge in [0.15, 0.2) is 0 Å². The number of methoxy groups -OCH3 is 2. The molecule has 6 nitrogen and oxygen atoms in total. The molecule has 1 aromatic heterocycles. The first-order valence-corrected chi connectivity index (χ1v) is 9.39. The highest BCUT2D eigenvalue weighted by molar-refractivity contribution is 6.09. The van der Waals surface area contributed by atoms with E-state index in [-0.39, 0.29) is 5.91 Å². The molecule has 3 aromatic rings. The Bertz CT molecular complexity index is 964. The van der Waals surface area contributed by atoms with Crippen LogP contribution in [0.25, 0.3) is 11.3 Å². The maximum atomic E-state index is 13.1. The third kappa shape index (κ3) is 3.33. The second kappa shape index (κ2) is 7.76. The number of amides is 1. The van der Waals surface area contributed by atoms with Crippen LogP contribution in [0.5, 0.6) is 11.5 Å². The van der Waals surface area contributed by atoms with Gasteiger partial charge in [0.1, 0.15) is 22.9 Å². The molecular formula is C22H23N3O3. The van der Waals surface area contributed by atoms with Gasteiger partial charge < -0.3 is 19.4 Å². The standard InChI is InChI=1S/C22H23N3O3/c1-27-18-10-7-11-19(28-2)21(18)22(26)24-16-9-4-3-8-15(16)17-14-25-13-6-5-12-20(25)23-17/h3-4,7-11,14H,5-6,12-13H2,1-2H3,(H,24,26). The molecule has 28 heavy (non-hydrogen) atoms. The van der Waals surface area contributed by atoms with Gasteiger partial charge in [0, 0.05) is 24.7 Å². The van der Waals surface area contributed by atoms with E-state index in [1.54, 1.807) is 18.2 Å². The van der Waals surface area contributed by atoms with E-state index >= 15 is 0 Å². The summed E-state index contributed by atoms with van der Waals surface area (Å²) in [5.74, 6) is 1.75. The summed E-state index contributed by atoms with van der Waals surface area (Å²) in [5.41, 5.74) is 2.84. The minimum Gasteiger partial charge on any atom is -0.496 e. The van der Waals surface area contributed by atoms with Gasteiger partial charge in [-0.25, -0.2) is 4.98 Å². The zero-order valence-corrected chi connectivity index (χ0v) is 16.1. The van der Waals surface area contributed by atoms with E-state index < -0.39 is 0 Å². The van der Waals surface area contributed by atoms with Gasteiger partial charge in [-0.15, -0.1) is 0 Å². The Hall–Kier alpha value is -3.28. The van der Waals surface area contributed by atoms with Gasteiger partial charge >= 0.3 is 0 Å². The quantitative estimate of drug-likeness (QED) is 0.725. The molecule has 0 unspecified atom stereocenters. The molecule has 0 spiro atoms. The maximum Gasteiger partial charge on any atom is 0.263 e. The van der Waals surface area contributed by atoms with Gasteiger partial charge in [-0.05, 0) is 31.0 Å². The summed E-state index contributed by atoms with van der Waals surface area (Å²) in [7, 11) is 3.07. The monoisotopic (exact) mass is 377 g/mol. The number of aromatic nitrogens is 2. The number of carbonyl (C=O) groups is 1. The van der Waals surface area contributed by atoms with E-state index in [2.05, 4.69) is 16.1 Å². The fourth-order valence-corrected chi connectivity index (χ4v) is 3.62. The van der Waals surface area contributed by atoms with E-state index in [0.717, 1.165) is 30.0 Å². The molecule has 1 aliphatic heterocycles. The van der Waals surface area contributed by atoms with Crippen molar-refractivity contribution in [3.63, 3.8) is 0 Å². The molecule has 6 heteroatoms. The maximum absolute atomic E-state index is 13.1. The summed E-state index contributed by atoms with van der Waals surface area (Å²) >= 11 is 0. The number of carbonyl (C=O) groups excluding carboxylic acids is 1. The van der Waals surface area contributed by atoms with E-state index in [1.165, 1.54) is 27.1 Å². The van der Waals surface area contributed by atoms with Gasteiger partial charge in [0.25, 0.3) is 5.91 Å². The first-order chi connectivity index (χ1) is 13.7. The van der Waals surface area contributed by atoms with E-state index in [1.807, 2.05) is 24.3 Å². The fraction of sp³-hybridized carbons (Fsp3) is 0.273. The predicted octanol–water partition coefficient (Wildman–Crippen LogP) is 4.16. The van der Waals surface area contributed by atoms with Crippen LogP contribution in [0.15, 0.2) is 48.7 Å². The van der Waals surface area contributed by atoms with Gasteiger partial charge in [0.05, 0.1) is 25.6 Å². The Morgan fingerprint density at radius 1 is 1.04 bits per heavy atom. The molecule has 0 radical (unpaired) electrons. The van der Waals surface area contributed by atoms with Crippen LogP contribution in [-0.4, -0.2) is 29.7 Å². The summed E-state index contributed by atoms with van der Waals surface area (Å²) in [6.45, 7) is 0.995. The molecule has 0 bridgehead atoms. The van der Waals surface area contributed by atoms with Crippen LogP contribution in [0.3, 0.4) is 0 Å². The van der Waals surface area contributed by atoms with Crippen molar-refractivity contribution in [2.75, 3.05) is 19.5 Å². The summed E-state index contributed by atoms with van der Waals surface area (Å²) < 4.78 is 12.9. The lowest BCUT2D eigenvalue weighted by Gasteiger charge is -2.14.